The molecule has 16 heteroatoms. The van der Waals surface area contributed by atoms with Crippen LogP contribution >= 0.6 is 23.2 Å². The average Bonchev–Trinajstić information content (AvgIpc) is 3.77. The Morgan fingerprint density at radius 2 is 0.927 bits per heavy atom. The van der Waals surface area contributed by atoms with Crippen LogP contribution in [0.4, 0.5) is 21.0 Å². The molecule has 14 nitrogen and oxygen atoms in total. The van der Waals surface area contributed by atoms with Gasteiger partial charge in [0.25, 0.3) is 0 Å². The molecule has 8 aromatic rings. The topological polar surface area (TPSA) is 179 Å². The van der Waals surface area contributed by atoms with Crippen LogP contribution in [0, 0.1) is 0 Å². The summed E-state index contributed by atoms with van der Waals surface area (Å²) in [5.74, 6) is -0.116. The van der Waals surface area contributed by atoms with Crippen LogP contribution in [-0.2, 0) is 6.42 Å². The molecule has 4 N–H and O–H groups in total. The van der Waals surface area contributed by atoms with Crippen LogP contribution in [0.3, 0.4) is 0 Å². The molecule has 0 aliphatic rings. The number of ether oxygens (including phenoxy) is 2. The standard InChI is InChI=1S/C39H26Cl2N8O6/c40-24-5-13-30-32(18-24)46-48(44-30)34-15-11-28(20-36(34)50)54-38(52)42-26-7-1-22(2-8-26)17-23-3-9-27(10-4-23)43-39(53)55-29-12-16-35(37(51)21-29)49-45-31-14-6-25(41)19-33(31)47-49/h1-16,18-21,50-51H,17H2,(H,42,52)(H,43,53). The molecule has 2 heterocycles. The second-order valence-corrected chi connectivity index (χ2v) is 13.0. The minimum absolute atomic E-state index is 0.124. The number of carbonyl (C=O) groups excluding carboxylic acids is 2. The first-order chi connectivity index (χ1) is 26.6. The third-order valence-electron chi connectivity index (χ3n) is 8.24. The lowest BCUT2D eigenvalue weighted by molar-refractivity contribution is 0.214. The van der Waals surface area contributed by atoms with E-state index in [-0.39, 0.29) is 23.0 Å². The summed E-state index contributed by atoms with van der Waals surface area (Å²) in [6.45, 7) is 0. The minimum atomic E-state index is -0.737. The molecule has 0 fully saturated rings. The number of fused-ring (bicyclic) bond motifs is 2. The molecule has 0 atom stereocenters. The van der Waals surface area contributed by atoms with Gasteiger partial charge >= 0.3 is 12.2 Å². The molecule has 55 heavy (non-hydrogen) atoms. The number of rotatable bonds is 8. The third kappa shape index (κ3) is 7.95. The van der Waals surface area contributed by atoms with Gasteiger partial charge in [-0.15, -0.1) is 30.0 Å². The highest BCUT2D eigenvalue weighted by Gasteiger charge is 2.15. The molecule has 0 unspecified atom stereocenters. The highest BCUT2D eigenvalue weighted by atomic mass is 35.5. The Hall–Kier alpha value is -7.16. The highest BCUT2D eigenvalue weighted by molar-refractivity contribution is 6.31. The Bertz CT molecular complexity index is 2550. The SMILES string of the molecule is O=C(Nc1ccc(Cc2ccc(NC(=O)Oc3ccc(-n4nc5ccc(Cl)cc5n4)c(O)c3)cc2)cc1)Oc1ccc(-n2nc3ccc(Cl)cc3n2)c(O)c1. The normalized spacial score (nSPS) is 11.1. The first-order valence-electron chi connectivity index (χ1n) is 16.5. The van der Waals surface area contributed by atoms with Crippen LogP contribution in [0.2, 0.25) is 10.0 Å². The van der Waals surface area contributed by atoms with Crippen molar-refractivity contribution in [3.05, 3.63) is 142 Å². The summed E-state index contributed by atoms with van der Waals surface area (Å²) in [4.78, 5) is 27.7. The highest BCUT2D eigenvalue weighted by Crippen LogP contribution is 2.29. The van der Waals surface area contributed by atoms with Crippen LogP contribution in [0.15, 0.2) is 121 Å². The van der Waals surface area contributed by atoms with Crippen molar-refractivity contribution in [3.63, 3.8) is 0 Å². The quantitative estimate of drug-likeness (QED) is 0.117. The van der Waals surface area contributed by atoms with Crippen molar-refractivity contribution >= 4 is 68.8 Å². The molecule has 272 valence electrons. The smallest absolute Gasteiger partial charge is 0.417 e. The second-order valence-electron chi connectivity index (χ2n) is 12.1. The van der Waals surface area contributed by atoms with Crippen LogP contribution < -0.4 is 20.1 Å². The summed E-state index contributed by atoms with van der Waals surface area (Å²) in [6.07, 6.45) is -0.882. The summed E-state index contributed by atoms with van der Waals surface area (Å²) < 4.78 is 10.7. The van der Waals surface area contributed by atoms with Crippen molar-refractivity contribution in [1.29, 1.82) is 0 Å². The number of aromatic hydroxyl groups is 2. The van der Waals surface area contributed by atoms with E-state index in [2.05, 4.69) is 31.0 Å². The zero-order chi connectivity index (χ0) is 38.1. The fourth-order valence-corrected chi connectivity index (χ4v) is 5.94. The first-order valence-corrected chi connectivity index (χ1v) is 17.2. The number of amides is 2. The van der Waals surface area contributed by atoms with Crippen LogP contribution in [0.5, 0.6) is 23.0 Å². The molecule has 0 spiro atoms. The summed E-state index contributed by atoms with van der Waals surface area (Å²) >= 11 is 12.1. The maximum Gasteiger partial charge on any atom is 0.417 e. The molecule has 0 saturated carbocycles. The number of nitrogens with one attached hydrogen (secondary N) is 2. The predicted octanol–water partition coefficient (Wildman–Crippen LogP) is 8.68. The van der Waals surface area contributed by atoms with Crippen LogP contribution in [0.1, 0.15) is 11.1 Å². The molecule has 0 aliphatic carbocycles. The van der Waals surface area contributed by atoms with Gasteiger partial charge in [-0.2, -0.15) is 0 Å². The molecule has 0 aliphatic heterocycles. The molecular weight excluding hydrogens is 747 g/mol. The van der Waals surface area contributed by atoms with E-state index in [0.29, 0.717) is 61.3 Å². The Morgan fingerprint density at radius 3 is 1.33 bits per heavy atom. The van der Waals surface area contributed by atoms with Gasteiger partial charge < -0.3 is 19.7 Å². The number of carbonyl (C=O) groups is 2. The van der Waals surface area contributed by atoms with Crippen molar-refractivity contribution in [3.8, 4) is 34.4 Å². The Kier molecular flexibility index (Phi) is 9.32. The van der Waals surface area contributed by atoms with Gasteiger partial charge in [-0.1, -0.05) is 47.5 Å². The van der Waals surface area contributed by atoms with Gasteiger partial charge in [0.15, 0.2) is 0 Å². The van der Waals surface area contributed by atoms with Crippen LogP contribution in [0.25, 0.3) is 33.4 Å². The first kappa shape index (κ1) is 34.9. The molecule has 2 amide bonds. The van der Waals surface area contributed by atoms with E-state index in [4.69, 9.17) is 32.7 Å². The summed E-state index contributed by atoms with van der Waals surface area (Å²) in [5.41, 5.74) is 5.93. The van der Waals surface area contributed by atoms with Gasteiger partial charge in [0.05, 0.1) is 0 Å². The Labute approximate surface area is 321 Å². The monoisotopic (exact) mass is 772 g/mol. The molecule has 0 bridgehead atoms. The van der Waals surface area contributed by atoms with E-state index in [1.165, 1.54) is 46.0 Å². The lowest BCUT2D eigenvalue weighted by Crippen LogP contribution is -2.16. The van der Waals surface area contributed by atoms with Gasteiger partial charge in [0.1, 0.15) is 56.4 Å². The fourth-order valence-electron chi connectivity index (χ4n) is 5.61. The number of phenolic OH excluding ortho intramolecular Hbond substituents is 2. The number of hydrogen-bond acceptors (Lipinski definition) is 10. The maximum atomic E-state index is 12.6. The molecule has 0 saturated heterocycles. The molecule has 2 aromatic heterocycles. The van der Waals surface area contributed by atoms with E-state index in [1.807, 2.05) is 24.3 Å². The van der Waals surface area contributed by atoms with E-state index in [9.17, 15) is 19.8 Å². The molecule has 8 rings (SSSR count). The van der Waals surface area contributed by atoms with Gasteiger partial charge in [0.2, 0.25) is 0 Å². The predicted molar refractivity (Wildman–Crippen MR) is 206 cm³/mol. The van der Waals surface area contributed by atoms with E-state index >= 15 is 0 Å². The third-order valence-corrected chi connectivity index (χ3v) is 8.71. The number of phenols is 2. The minimum Gasteiger partial charge on any atom is -0.505 e. The van der Waals surface area contributed by atoms with E-state index in [0.717, 1.165) is 11.1 Å². The number of benzene rings is 6. The van der Waals surface area contributed by atoms with Crippen molar-refractivity contribution < 1.29 is 29.3 Å². The Balaban J connectivity index is 0.817. The van der Waals surface area contributed by atoms with Crippen molar-refractivity contribution in [2.75, 3.05) is 10.6 Å². The van der Waals surface area contributed by atoms with Crippen molar-refractivity contribution in [1.82, 2.24) is 30.0 Å². The maximum absolute atomic E-state index is 12.6. The molecular formula is C39H26Cl2N8O6. The van der Waals surface area contributed by atoms with Crippen molar-refractivity contribution in [2.24, 2.45) is 0 Å². The molecule has 6 aromatic carbocycles. The number of hydrogen-bond donors (Lipinski definition) is 4. The number of aromatic nitrogens is 6. The van der Waals surface area contributed by atoms with Crippen LogP contribution in [-0.4, -0.2) is 52.4 Å². The van der Waals surface area contributed by atoms with Gasteiger partial charge in [-0.25, -0.2) is 9.59 Å². The lowest BCUT2D eigenvalue weighted by atomic mass is 10.0. The van der Waals surface area contributed by atoms with Gasteiger partial charge in [-0.3, -0.25) is 10.6 Å². The second kappa shape index (κ2) is 14.7. The molecule has 0 radical (unpaired) electrons. The average molecular weight is 774 g/mol. The van der Waals surface area contributed by atoms with E-state index < -0.39 is 12.2 Å². The van der Waals surface area contributed by atoms with Crippen molar-refractivity contribution in [2.45, 2.75) is 6.42 Å². The zero-order valence-corrected chi connectivity index (χ0v) is 29.7. The largest absolute Gasteiger partial charge is 0.505 e. The number of anilines is 2. The lowest BCUT2D eigenvalue weighted by Gasteiger charge is -2.10. The summed E-state index contributed by atoms with van der Waals surface area (Å²) in [5, 5.41) is 44.9. The summed E-state index contributed by atoms with van der Waals surface area (Å²) in [6, 6.07) is 33.4. The number of nitrogens with zero attached hydrogens (tertiary/aromatic N) is 6. The zero-order valence-electron chi connectivity index (χ0n) is 28.2. The fraction of sp³-hybridized carbons (Fsp3) is 0.0256. The number of halogens is 2. The Morgan fingerprint density at radius 1 is 0.527 bits per heavy atom. The summed E-state index contributed by atoms with van der Waals surface area (Å²) in [7, 11) is 0. The van der Waals surface area contributed by atoms with Gasteiger partial charge in [0, 0.05) is 33.6 Å². The van der Waals surface area contributed by atoms with E-state index in [1.54, 1.807) is 60.7 Å². The van der Waals surface area contributed by atoms with Gasteiger partial charge in [-0.05, 0) is 102 Å².